The predicted molar refractivity (Wildman–Crippen MR) is 88.0 cm³/mol. The van der Waals surface area contributed by atoms with Crippen molar-refractivity contribution >= 4 is 11.6 Å². The number of fused-ring (bicyclic) bond motifs is 1. The highest BCUT2D eigenvalue weighted by atomic mass is 16.5. The molecule has 1 heterocycles. The average Bonchev–Trinajstić information content (AvgIpc) is 2.49. The quantitative estimate of drug-likeness (QED) is 0.879. The number of rotatable bonds is 5. The second-order valence-corrected chi connectivity index (χ2v) is 7.00. The van der Waals surface area contributed by atoms with Gasteiger partial charge in [-0.3, -0.25) is 4.79 Å². The zero-order chi connectivity index (χ0) is 15.7. The Morgan fingerprint density at radius 3 is 2.86 bits per heavy atom. The number of hydrogen-bond acceptors (Lipinski definition) is 3. The lowest BCUT2D eigenvalue weighted by Gasteiger charge is -2.52. The molecule has 0 aromatic heterocycles. The lowest BCUT2D eigenvalue weighted by atomic mass is 9.64. The Morgan fingerprint density at radius 1 is 1.36 bits per heavy atom. The van der Waals surface area contributed by atoms with E-state index in [-0.39, 0.29) is 17.2 Å². The molecular formula is C18H26N2O2. The minimum atomic E-state index is 0.116. The molecule has 120 valence electrons. The second kappa shape index (κ2) is 6.01. The molecule has 4 nitrogen and oxygen atoms in total. The third kappa shape index (κ3) is 2.77. The molecule has 0 spiro atoms. The molecule has 22 heavy (non-hydrogen) atoms. The fourth-order valence-corrected chi connectivity index (χ4v) is 3.68. The molecule has 1 amide bonds. The van der Waals surface area contributed by atoms with Gasteiger partial charge in [0.15, 0.2) is 0 Å². The molecule has 3 atom stereocenters. The zero-order valence-electron chi connectivity index (χ0n) is 13.7. The Labute approximate surface area is 132 Å². The third-order valence-electron chi connectivity index (χ3n) is 5.26. The number of nitrogens with one attached hydrogen (secondary N) is 2. The van der Waals surface area contributed by atoms with Gasteiger partial charge in [0.25, 0.3) is 0 Å². The van der Waals surface area contributed by atoms with Gasteiger partial charge >= 0.3 is 0 Å². The number of amides is 1. The lowest BCUT2D eigenvalue weighted by Crippen LogP contribution is -2.61. The number of para-hydroxylation sites is 1. The SMILES string of the molecule is CCO[C@@H]1C[C@H](NC[C@H]2CC(=O)Nc3ccccc32)C1(C)C. The molecule has 0 radical (unpaired) electrons. The minimum absolute atomic E-state index is 0.116. The van der Waals surface area contributed by atoms with Crippen molar-refractivity contribution in [1.82, 2.24) is 5.32 Å². The van der Waals surface area contributed by atoms with Crippen molar-refractivity contribution in [2.75, 3.05) is 18.5 Å². The van der Waals surface area contributed by atoms with Crippen molar-refractivity contribution in [2.24, 2.45) is 5.41 Å². The lowest BCUT2D eigenvalue weighted by molar-refractivity contribution is -0.118. The van der Waals surface area contributed by atoms with Crippen LogP contribution < -0.4 is 10.6 Å². The van der Waals surface area contributed by atoms with Crippen LogP contribution in [0.25, 0.3) is 0 Å². The molecule has 0 bridgehead atoms. The van der Waals surface area contributed by atoms with Gasteiger partial charge < -0.3 is 15.4 Å². The van der Waals surface area contributed by atoms with E-state index in [1.807, 2.05) is 18.2 Å². The molecular weight excluding hydrogens is 276 g/mol. The van der Waals surface area contributed by atoms with Crippen LogP contribution in [0.1, 0.15) is 45.1 Å². The van der Waals surface area contributed by atoms with Crippen molar-refractivity contribution in [2.45, 2.75) is 51.7 Å². The number of hydrogen-bond donors (Lipinski definition) is 2. The normalized spacial score (nSPS) is 29.4. The Balaban J connectivity index is 1.62. The monoisotopic (exact) mass is 302 g/mol. The maximum Gasteiger partial charge on any atom is 0.225 e. The van der Waals surface area contributed by atoms with Crippen LogP contribution >= 0.6 is 0 Å². The van der Waals surface area contributed by atoms with E-state index in [9.17, 15) is 4.79 Å². The molecule has 0 saturated heterocycles. The number of anilines is 1. The van der Waals surface area contributed by atoms with Crippen LogP contribution in [0.15, 0.2) is 24.3 Å². The topological polar surface area (TPSA) is 50.4 Å². The van der Waals surface area contributed by atoms with Crippen LogP contribution in [0.2, 0.25) is 0 Å². The van der Waals surface area contributed by atoms with Gasteiger partial charge in [-0.1, -0.05) is 32.0 Å². The van der Waals surface area contributed by atoms with Crippen molar-refractivity contribution in [3.05, 3.63) is 29.8 Å². The van der Waals surface area contributed by atoms with Crippen molar-refractivity contribution < 1.29 is 9.53 Å². The summed E-state index contributed by atoms with van der Waals surface area (Å²) in [6, 6.07) is 8.58. The van der Waals surface area contributed by atoms with E-state index in [1.165, 1.54) is 5.56 Å². The summed E-state index contributed by atoms with van der Waals surface area (Å²) in [5, 5.41) is 6.63. The van der Waals surface area contributed by atoms with Gasteiger partial charge in [-0.15, -0.1) is 0 Å². The number of ether oxygens (including phenoxy) is 1. The second-order valence-electron chi connectivity index (χ2n) is 7.00. The van der Waals surface area contributed by atoms with Gasteiger partial charge in [0.05, 0.1) is 6.10 Å². The molecule has 1 aliphatic carbocycles. The van der Waals surface area contributed by atoms with Crippen molar-refractivity contribution in [3.8, 4) is 0 Å². The fraction of sp³-hybridized carbons (Fsp3) is 0.611. The van der Waals surface area contributed by atoms with Crippen molar-refractivity contribution in [3.63, 3.8) is 0 Å². The zero-order valence-corrected chi connectivity index (χ0v) is 13.7. The highest BCUT2D eigenvalue weighted by Crippen LogP contribution is 2.43. The van der Waals surface area contributed by atoms with Gasteiger partial charge in [0, 0.05) is 42.6 Å². The maximum atomic E-state index is 11.9. The summed E-state index contributed by atoms with van der Waals surface area (Å²) in [4.78, 5) is 11.9. The number of carbonyl (C=O) groups excluding carboxylic acids is 1. The Morgan fingerprint density at radius 2 is 2.14 bits per heavy atom. The molecule has 4 heteroatoms. The van der Waals surface area contributed by atoms with Crippen LogP contribution in [-0.2, 0) is 9.53 Å². The summed E-state index contributed by atoms with van der Waals surface area (Å²) in [5.74, 6) is 0.373. The number of benzene rings is 1. The highest BCUT2D eigenvalue weighted by Gasteiger charge is 2.48. The summed E-state index contributed by atoms with van der Waals surface area (Å²) >= 11 is 0. The molecule has 1 aromatic rings. The first-order chi connectivity index (χ1) is 10.5. The van der Waals surface area contributed by atoms with Gasteiger partial charge in [-0.2, -0.15) is 0 Å². The molecule has 2 aliphatic rings. The van der Waals surface area contributed by atoms with Gasteiger partial charge in [-0.25, -0.2) is 0 Å². The van der Waals surface area contributed by atoms with Crippen LogP contribution in [0.3, 0.4) is 0 Å². The van der Waals surface area contributed by atoms with E-state index >= 15 is 0 Å². The molecule has 2 N–H and O–H groups in total. The summed E-state index contributed by atoms with van der Waals surface area (Å²) < 4.78 is 5.78. The smallest absolute Gasteiger partial charge is 0.225 e. The Bertz CT molecular complexity index is 556. The van der Waals surface area contributed by atoms with E-state index < -0.39 is 0 Å². The Kier molecular flexibility index (Phi) is 4.24. The van der Waals surface area contributed by atoms with Crippen LogP contribution in [0, 0.1) is 5.41 Å². The fourth-order valence-electron chi connectivity index (χ4n) is 3.68. The molecule has 1 aliphatic heterocycles. The highest BCUT2D eigenvalue weighted by molar-refractivity contribution is 5.94. The average molecular weight is 302 g/mol. The molecule has 3 rings (SSSR count). The largest absolute Gasteiger partial charge is 0.378 e. The molecule has 1 aromatic carbocycles. The molecule has 1 saturated carbocycles. The first-order valence-corrected chi connectivity index (χ1v) is 8.26. The summed E-state index contributed by atoms with van der Waals surface area (Å²) in [7, 11) is 0. The predicted octanol–water partition coefficient (Wildman–Crippen LogP) is 2.91. The third-order valence-corrected chi connectivity index (χ3v) is 5.26. The van der Waals surface area contributed by atoms with Gasteiger partial charge in [-0.05, 0) is 25.0 Å². The van der Waals surface area contributed by atoms with Crippen LogP contribution in [-0.4, -0.2) is 31.2 Å². The number of carbonyl (C=O) groups is 1. The van der Waals surface area contributed by atoms with E-state index in [2.05, 4.69) is 37.5 Å². The van der Waals surface area contributed by atoms with Crippen LogP contribution in [0.5, 0.6) is 0 Å². The van der Waals surface area contributed by atoms with Crippen LogP contribution in [0.4, 0.5) is 5.69 Å². The molecule has 1 fully saturated rings. The first-order valence-electron chi connectivity index (χ1n) is 8.26. The maximum absolute atomic E-state index is 11.9. The van der Waals surface area contributed by atoms with Gasteiger partial charge in [0.2, 0.25) is 5.91 Å². The Hall–Kier alpha value is -1.39. The molecule has 0 unspecified atom stereocenters. The van der Waals surface area contributed by atoms with Crippen molar-refractivity contribution in [1.29, 1.82) is 0 Å². The van der Waals surface area contributed by atoms with E-state index in [4.69, 9.17) is 4.74 Å². The van der Waals surface area contributed by atoms with Gasteiger partial charge in [0.1, 0.15) is 0 Å². The first kappa shape index (κ1) is 15.5. The summed E-state index contributed by atoms with van der Waals surface area (Å²) in [5.41, 5.74) is 2.37. The minimum Gasteiger partial charge on any atom is -0.378 e. The summed E-state index contributed by atoms with van der Waals surface area (Å²) in [6.07, 6.45) is 1.96. The van der Waals surface area contributed by atoms with E-state index in [0.717, 1.165) is 25.3 Å². The van der Waals surface area contributed by atoms with E-state index in [1.54, 1.807) is 0 Å². The summed E-state index contributed by atoms with van der Waals surface area (Å²) in [6.45, 7) is 8.19. The van der Waals surface area contributed by atoms with E-state index in [0.29, 0.717) is 18.6 Å². The standard InChI is InChI=1S/C18H26N2O2/c1-4-22-16-10-15(18(16,2)3)19-11-12-9-17(21)20-14-8-6-5-7-13(12)14/h5-8,12,15-16,19H,4,9-11H2,1-3H3,(H,20,21)/t12-,15+,16-/m1/s1.